The molecule has 0 saturated heterocycles. The highest BCUT2D eigenvalue weighted by Crippen LogP contribution is 2.33. The van der Waals surface area contributed by atoms with Crippen LogP contribution in [0.2, 0.25) is 0 Å². The van der Waals surface area contributed by atoms with Gasteiger partial charge in [0.05, 0.1) is 5.52 Å². The van der Waals surface area contributed by atoms with Gasteiger partial charge in [0, 0.05) is 40.5 Å². The van der Waals surface area contributed by atoms with E-state index in [4.69, 9.17) is 10.5 Å². The topological polar surface area (TPSA) is 106 Å². The van der Waals surface area contributed by atoms with Crippen molar-refractivity contribution in [3.63, 3.8) is 0 Å². The Bertz CT molecular complexity index is 1570. The van der Waals surface area contributed by atoms with E-state index in [0.29, 0.717) is 18.3 Å². The van der Waals surface area contributed by atoms with Crippen molar-refractivity contribution in [2.45, 2.75) is 6.61 Å². The number of nitrogen functional groups attached to an aromatic ring is 1. The molecule has 0 radical (unpaired) electrons. The summed E-state index contributed by atoms with van der Waals surface area (Å²) in [5, 5.41) is 8.96. The highest BCUT2D eigenvalue weighted by Gasteiger charge is 2.12. The van der Waals surface area contributed by atoms with Crippen LogP contribution in [0.15, 0.2) is 85.2 Å². The minimum Gasteiger partial charge on any atom is -0.473 e. The van der Waals surface area contributed by atoms with Crippen molar-refractivity contribution in [3.05, 3.63) is 90.8 Å². The molecule has 0 bridgehead atoms. The average molecular weight is 432 g/mol. The molecule has 0 spiro atoms. The molecule has 4 aromatic heterocycles. The summed E-state index contributed by atoms with van der Waals surface area (Å²) in [5.41, 5.74) is 12.9. The highest BCUT2D eigenvalue weighted by atomic mass is 16.5. The largest absolute Gasteiger partial charge is 0.473 e. The van der Waals surface area contributed by atoms with Gasteiger partial charge in [-0.1, -0.05) is 36.4 Å². The number of aromatic nitrogens is 5. The molecule has 2 aromatic carbocycles. The number of fused-ring (bicyclic) bond motifs is 2. The van der Waals surface area contributed by atoms with Gasteiger partial charge in [-0.3, -0.25) is 5.10 Å². The third kappa shape index (κ3) is 3.55. The van der Waals surface area contributed by atoms with Crippen molar-refractivity contribution in [3.8, 4) is 28.3 Å². The summed E-state index contributed by atoms with van der Waals surface area (Å²) in [6.45, 7) is 0.484. The number of nitrogens with zero attached hydrogens (tertiary/aromatic N) is 3. The predicted molar refractivity (Wildman–Crippen MR) is 130 cm³/mol. The minimum atomic E-state index is 0.484. The first kappa shape index (κ1) is 19.1. The van der Waals surface area contributed by atoms with E-state index in [2.05, 4.69) is 43.3 Å². The molecule has 33 heavy (non-hydrogen) atoms. The van der Waals surface area contributed by atoms with E-state index in [0.717, 1.165) is 49.9 Å². The molecule has 7 heteroatoms. The van der Waals surface area contributed by atoms with E-state index in [1.165, 1.54) is 0 Å². The van der Waals surface area contributed by atoms with Crippen LogP contribution in [0.1, 0.15) is 5.56 Å². The number of nitrogens with one attached hydrogen (secondary N) is 2. The maximum atomic E-state index is 6.00. The zero-order valence-corrected chi connectivity index (χ0v) is 17.6. The van der Waals surface area contributed by atoms with E-state index in [1.54, 1.807) is 6.20 Å². The van der Waals surface area contributed by atoms with Gasteiger partial charge in [-0.2, -0.15) is 5.10 Å². The molecule has 6 aromatic rings. The normalized spacial score (nSPS) is 11.3. The Labute approximate surface area is 189 Å². The van der Waals surface area contributed by atoms with Gasteiger partial charge in [0.25, 0.3) is 0 Å². The fourth-order valence-corrected chi connectivity index (χ4v) is 3.99. The van der Waals surface area contributed by atoms with Crippen LogP contribution in [0.5, 0.6) is 5.88 Å². The van der Waals surface area contributed by atoms with Crippen LogP contribution in [-0.2, 0) is 6.61 Å². The number of hydrogen-bond donors (Lipinski definition) is 3. The summed E-state index contributed by atoms with van der Waals surface area (Å²) in [6.07, 6.45) is 3.61. The van der Waals surface area contributed by atoms with Crippen molar-refractivity contribution in [2.24, 2.45) is 0 Å². The van der Waals surface area contributed by atoms with Gasteiger partial charge in [-0.15, -0.1) is 0 Å². The molecular weight excluding hydrogens is 412 g/mol. The molecule has 6 rings (SSSR count). The van der Waals surface area contributed by atoms with Crippen LogP contribution in [0.3, 0.4) is 0 Å². The lowest BCUT2D eigenvalue weighted by molar-refractivity contribution is 0.294. The summed E-state index contributed by atoms with van der Waals surface area (Å²) in [7, 11) is 0. The summed E-state index contributed by atoms with van der Waals surface area (Å²) in [6, 6.07) is 24.1. The summed E-state index contributed by atoms with van der Waals surface area (Å²) < 4.78 is 5.81. The molecule has 4 heterocycles. The second-order valence-electron chi connectivity index (χ2n) is 7.83. The zero-order chi connectivity index (χ0) is 22.2. The molecule has 160 valence electrons. The number of aromatic amines is 2. The van der Waals surface area contributed by atoms with Crippen LogP contribution < -0.4 is 10.5 Å². The summed E-state index contributed by atoms with van der Waals surface area (Å²) >= 11 is 0. The number of nitrogens with two attached hydrogens (primary N) is 1. The average Bonchev–Trinajstić information content (AvgIpc) is 3.47. The maximum absolute atomic E-state index is 6.00. The van der Waals surface area contributed by atoms with E-state index >= 15 is 0 Å². The van der Waals surface area contributed by atoms with Gasteiger partial charge in [0.15, 0.2) is 5.82 Å². The fourth-order valence-electron chi connectivity index (χ4n) is 3.99. The van der Waals surface area contributed by atoms with Crippen molar-refractivity contribution >= 4 is 27.8 Å². The SMILES string of the molecule is Nc1n[nH]c2ccc(-c3ccnc4[nH]c(-c5ccc(OCc6ccccc6)nc5)cc34)cc12. The van der Waals surface area contributed by atoms with Gasteiger partial charge >= 0.3 is 0 Å². The quantitative estimate of drug-likeness (QED) is 0.341. The predicted octanol–water partition coefficient (Wildman–Crippen LogP) is 5.33. The molecule has 0 amide bonds. The molecular formula is C26H20N6O. The van der Waals surface area contributed by atoms with E-state index in [-0.39, 0.29) is 0 Å². The van der Waals surface area contributed by atoms with E-state index < -0.39 is 0 Å². The number of ether oxygens (including phenoxy) is 1. The lowest BCUT2D eigenvalue weighted by Crippen LogP contribution is -1.96. The smallest absolute Gasteiger partial charge is 0.213 e. The Kier molecular flexibility index (Phi) is 4.51. The molecule has 0 fully saturated rings. The molecule has 0 aliphatic carbocycles. The van der Waals surface area contributed by atoms with E-state index in [9.17, 15) is 0 Å². The Balaban J connectivity index is 1.30. The lowest BCUT2D eigenvalue weighted by Gasteiger charge is -2.05. The Hall–Kier alpha value is -4.65. The molecule has 7 nitrogen and oxygen atoms in total. The zero-order valence-electron chi connectivity index (χ0n) is 17.6. The molecule has 0 saturated carbocycles. The van der Waals surface area contributed by atoms with Crippen molar-refractivity contribution in [1.82, 2.24) is 25.1 Å². The van der Waals surface area contributed by atoms with Gasteiger partial charge in [-0.25, -0.2) is 9.97 Å². The number of rotatable bonds is 5. The Morgan fingerprint density at radius 1 is 0.848 bits per heavy atom. The third-order valence-electron chi connectivity index (χ3n) is 5.71. The summed E-state index contributed by atoms with van der Waals surface area (Å²) in [5.74, 6) is 1.08. The number of H-pyrrole nitrogens is 2. The lowest BCUT2D eigenvalue weighted by atomic mass is 10.0. The van der Waals surface area contributed by atoms with Gasteiger partial charge in [0.1, 0.15) is 12.3 Å². The number of benzene rings is 2. The number of pyridine rings is 2. The number of anilines is 1. The van der Waals surface area contributed by atoms with Crippen LogP contribution in [0, 0.1) is 0 Å². The minimum absolute atomic E-state index is 0.484. The molecule has 4 N–H and O–H groups in total. The molecule has 0 aliphatic rings. The van der Waals surface area contributed by atoms with Gasteiger partial charge in [-0.05, 0) is 47.0 Å². The van der Waals surface area contributed by atoms with Gasteiger partial charge < -0.3 is 15.5 Å². The maximum Gasteiger partial charge on any atom is 0.213 e. The van der Waals surface area contributed by atoms with Crippen LogP contribution in [0.25, 0.3) is 44.3 Å². The first-order valence-corrected chi connectivity index (χ1v) is 10.6. The second kappa shape index (κ2) is 7.80. The number of hydrogen-bond acceptors (Lipinski definition) is 5. The Morgan fingerprint density at radius 3 is 2.58 bits per heavy atom. The first-order chi connectivity index (χ1) is 16.2. The van der Waals surface area contributed by atoms with Crippen molar-refractivity contribution in [2.75, 3.05) is 5.73 Å². The van der Waals surface area contributed by atoms with Gasteiger partial charge in [0.2, 0.25) is 5.88 Å². The molecule has 0 atom stereocenters. The fraction of sp³-hybridized carbons (Fsp3) is 0.0385. The standard InChI is InChI=1S/C26H20N6O/c27-25-21-12-17(6-8-22(21)31-32-25)19-10-11-28-26-20(19)13-23(30-26)18-7-9-24(29-14-18)33-15-16-4-2-1-3-5-16/h1-14H,15H2,(H,28,30)(H3,27,31,32). The van der Waals surface area contributed by atoms with Crippen LogP contribution >= 0.6 is 0 Å². The summed E-state index contributed by atoms with van der Waals surface area (Å²) in [4.78, 5) is 12.4. The van der Waals surface area contributed by atoms with Crippen LogP contribution in [-0.4, -0.2) is 25.1 Å². The van der Waals surface area contributed by atoms with E-state index in [1.807, 2.05) is 60.8 Å². The monoisotopic (exact) mass is 432 g/mol. The van der Waals surface area contributed by atoms with Crippen molar-refractivity contribution in [1.29, 1.82) is 0 Å². The Morgan fingerprint density at radius 2 is 1.73 bits per heavy atom. The molecule has 0 unspecified atom stereocenters. The second-order valence-corrected chi connectivity index (χ2v) is 7.83. The molecule has 0 aliphatic heterocycles. The first-order valence-electron chi connectivity index (χ1n) is 10.6. The highest BCUT2D eigenvalue weighted by molar-refractivity contribution is 5.99. The van der Waals surface area contributed by atoms with Crippen molar-refractivity contribution < 1.29 is 4.74 Å². The third-order valence-corrected chi connectivity index (χ3v) is 5.71. The van der Waals surface area contributed by atoms with Crippen LogP contribution in [0.4, 0.5) is 5.82 Å².